The molecule has 0 aromatic carbocycles. The van der Waals surface area contributed by atoms with Gasteiger partial charge in [-0.2, -0.15) is 9.64 Å². The van der Waals surface area contributed by atoms with E-state index in [0.29, 0.717) is 30.0 Å². The van der Waals surface area contributed by atoms with Crippen LogP contribution < -0.4 is 5.32 Å². The minimum Gasteiger partial charge on any atom is -0.463 e. The van der Waals surface area contributed by atoms with E-state index in [1.54, 1.807) is 0 Å². The number of esters is 1. The summed E-state index contributed by atoms with van der Waals surface area (Å²) < 4.78 is 8.87. The van der Waals surface area contributed by atoms with Crippen molar-refractivity contribution < 1.29 is 9.53 Å². The maximum Gasteiger partial charge on any atom is 0.306 e. The average Bonchev–Trinajstić information content (AvgIpc) is 2.64. The Kier molecular flexibility index (Phi) is 5.89. The molecule has 0 aliphatic rings. The van der Waals surface area contributed by atoms with Crippen molar-refractivity contribution in [2.75, 3.05) is 11.9 Å². The summed E-state index contributed by atoms with van der Waals surface area (Å²) in [6.07, 6.45) is 0.891. The van der Waals surface area contributed by atoms with Gasteiger partial charge in [0.25, 0.3) is 0 Å². The van der Waals surface area contributed by atoms with E-state index >= 15 is 0 Å². The third-order valence-electron chi connectivity index (χ3n) is 1.97. The molecule has 0 fully saturated rings. The quantitative estimate of drug-likeness (QED) is 0.643. The largest absolute Gasteiger partial charge is 0.463 e. The van der Waals surface area contributed by atoms with Crippen LogP contribution in [0.5, 0.6) is 0 Å². The Labute approximate surface area is 115 Å². The topological polar surface area (TPSA) is 75.0 Å². The molecule has 0 unspecified atom stereocenters. The smallest absolute Gasteiger partial charge is 0.306 e. The summed E-state index contributed by atoms with van der Waals surface area (Å²) in [5.74, 6) is -0.213. The minimum absolute atomic E-state index is 0.0871. The average molecular weight is 288 g/mol. The number of hydrogen-bond acceptors (Lipinski definition) is 6. The number of hydrogen-bond donors (Lipinski definition) is 1. The van der Waals surface area contributed by atoms with Gasteiger partial charge in [0.05, 0.1) is 6.10 Å². The first-order valence-electron chi connectivity index (χ1n) is 5.53. The maximum absolute atomic E-state index is 11.3. The van der Waals surface area contributed by atoms with Crippen molar-refractivity contribution >= 4 is 34.1 Å². The lowest BCUT2D eigenvalue weighted by Gasteiger charge is -2.07. The van der Waals surface area contributed by atoms with Gasteiger partial charge < -0.3 is 10.1 Å². The third kappa shape index (κ3) is 4.51. The number of rotatable bonds is 6. The summed E-state index contributed by atoms with van der Waals surface area (Å²) in [4.78, 5) is 11.3. The van der Waals surface area contributed by atoms with Gasteiger partial charge in [-0.05, 0) is 31.8 Å². The number of nitrogens with one attached hydrogen (secondary N) is 1. The fourth-order valence-corrected chi connectivity index (χ4v) is 2.20. The maximum atomic E-state index is 11.3. The number of aromatic nitrogens is 1. The molecule has 5 nitrogen and oxygen atoms in total. The lowest BCUT2D eigenvalue weighted by Crippen LogP contribution is -2.12. The van der Waals surface area contributed by atoms with Crippen molar-refractivity contribution in [3.63, 3.8) is 0 Å². The molecule has 0 atom stereocenters. The fourth-order valence-electron chi connectivity index (χ4n) is 1.24. The van der Waals surface area contributed by atoms with Gasteiger partial charge in [-0.1, -0.05) is 11.6 Å². The molecule has 1 rings (SSSR count). The molecule has 0 spiro atoms. The van der Waals surface area contributed by atoms with Crippen LogP contribution in [0.3, 0.4) is 0 Å². The number of ether oxygens (including phenoxy) is 1. The summed E-state index contributed by atoms with van der Waals surface area (Å²) in [5.41, 5.74) is 0.353. The number of anilines is 1. The van der Waals surface area contributed by atoms with Crippen molar-refractivity contribution in [1.82, 2.24) is 4.37 Å². The van der Waals surface area contributed by atoms with Gasteiger partial charge in [-0.15, -0.1) is 0 Å². The second-order valence-corrected chi connectivity index (χ2v) is 4.99. The van der Waals surface area contributed by atoms with E-state index in [2.05, 4.69) is 9.69 Å². The number of nitrogens with zero attached hydrogens (tertiary/aromatic N) is 2. The summed E-state index contributed by atoms with van der Waals surface area (Å²) in [6.45, 7) is 4.20. The van der Waals surface area contributed by atoms with Gasteiger partial charge in [0.2, 0.25) is 0 Å². The van der Waals surface area contributed by atoms with Crippen molar-refractivity contribution in [2.24, 2.45) is 0 Å². The lowest BCUT2D eigenvalue weighted by atomic mass is 10.3. The summed E-state index contributed by atoms with van der Waals surface area (Å²) in [6, 6.07) is 1.98. The molecule has 0 bridgehead atoms. The summed E-state index contributed by atoms with van der Waals surface area (Å²) in [5, 5.41) is 12.7. The van der Waals surface area contributed by atoms with E-state index in [9.17, 15) is 4.79 Å². The zero-order valence-corrected chi connectivity index (χ0v) is 11.8. The van der Waals surface area contributed by atoms with Crippen LogP contribution in [0.15, 0.2) is 0 Å². The van der Waals surface area contributed by atoms with E-state index in [-0.39, 0.29) is 17.2 Å². The third-order valence-corrected chi connectivity index (χ3v) is 3.15. The Bertz CT molecular complexity index is 454. The van der Waals surface area contributed by atoms with Crippen molar-refractivity contribution in [1.29, 1.82) is 5.26 Å². The zero-order chi connectivity index (χ0) is 13.5. The van der Waals surface area contributed by atoms with Crippen LogP contribution in [-0.4, -0.2) is 23.0 Å². The van der Waals surface area contributed by atoms with Crippen molar-refractivity contribution in [3.05, 3.63) is 10.7 Å². The van der Waals surface area contributed by atoms with Gasteiger partial charge in [0.15, 0.2) is 5.15 Å². The fraction of sp³-hybridized carbons (Fsp3) is 0.545. The van der Waals surface area contributed by atoms with E-state index in [0.717, 1.165) is 11.5 Å². The van der Waals surface area contributed by atoms with Crippen LogP contribution in [0.1, 0.15) is 32.3 Å². The van der Waals surface area contributed by atoms with Crippen molar-refractivity contribution in [3.8, 4) is 6.07 Å². The highest BCUT2D eigenvalue weighted by atomic mass is 35.5. The first kappa shape index (κ1) is 14.7. The molecule has 1 N–H and O–H groups in total. The monoisotopic (exact) mass is 287 g/mol. The van der Waals surface area contributed by atoms with Crippen molar-refractivity contribution in [2.45, 2.75) is 32.8 Å². The van der Waals surface area contributed by atoms with E-state index in [1.807, 2.05) is 19.9 Å². The number of carbonyl (C=O) groups excluding carboxylic acids is 1. The highest BCUT2D eigenvalue weighted by Crippen LogP contribution is 2.27. The zero-order valence-electron chi connectivity index (χ0n) is 10.2. The molecule has 1 aromatic rings. The van der Waals surface area contributed by atoms with Crippen LogP contribution in [0.2, 0.25) is 5.15 Å². The predicted molar refractivity (Wildman–Crippen MR) is 70.8 cm³/mol. The molecule has 7 heteroatoms. The normalized spacial score (nSPS) is 10.2. The van der Waals surface area contributed by atoms with Crippen LogP contribution in [0.25, 0.3) is 0 Å². The van der Waals surface area contributed by atoms with Crippen LogP contribution in [0, 0.1) is 11.3 Å². The van der Waals surface area contributed by atoms with Gasteiger partial charge in [-0.3, -0.25) is 4.79 Å². The Morgan fingerprint density at radius 3 is 3.00 bits per heavy atom. The Morgan fingerprint density at radius 2 is 2.39 bits per heavy atom. The molecule has 0 amide bonds. The lowest BCUT2D eigenvalue weighted by molar-refractivity contribution is -0.147. The molecule has 0 aliphatic carbocycles. The first-order chi connectivity index (χ1) is 8.54. The van der Waals surface area contributed by atoms with E-state index < -0.39 is 0 Å². The van der Waals surface area contributed by atoms with Gasteiger partial charge in [0, 0.05) is 13.0 Å². The van der Waals surface area contributed by atoms with Crippen LogP contribution in [0.4, 0.5) is 5.00 Å². The molecular weight excluding hydrogens is 274 g/mol. The van der Waals surface area contributed by atoms with E-state index in [1.165, 1.54) is 0 Å². The molecule has 0 saturated heterocycles. The van der Waals surface area contributed by atoms with E-state index in [4.69, 9.17) is 21.6 Å². The highest BCUT2D eigenvalue weighted by Gasteiger charge is 2.11. The Morgan fingerprint density at radius 1 is 1.67 bits per heavy atom. The summed E-state index contributed by atoms with van der Waals surface area (Å²) in [7, 11) is 0. The molecule has 1 aromatic heterocycles. The molecule has 98 valence electrons. The second-order valence-electron chi connectivity index (χ2n) is 3.86. The Balaban J connectivity index is 2.30. The molecule has 18 heavy (non-hydrogen) atoms. The second kappa shape index (κ2) is 7.19. The predicted octanol–water partition coefficient (Wildman–Crippen LogP) is 2.81. The molecule has 1 heterocycles. The molecule has 0 saturated carbocycles. The summed E-state index contributed by atoms with van der Waals surface area (Å²) >= 11 is 6.87. The number of nitriles is 1. The van der Waals surface area contributed by atoms with Gasteiger partial charge in [-0.25, -0.2) is 0 Å². The minimum atomic E-state index is -0.213. The van der Waals surface area contributed by atoms with Gasteiger partial charge >= 0.3 is 5.97 Å². The number of carbonyl (C=O) groups is 1. The van der Waals surface area contributed by atoms with Crippen LogP contribution >= 0.6 is 23.1 Å². The van der Waals surface area contributed by atoms with Gasteiger partial charge in [0.1, 0.15) is 16.6 Å². The first-order valence-corrected chi connectivity index (χ1v) is 6.68. The molecular formula is C11H14ClN3O2S. The standard InChI is InChI=1S/C11H14ClN3O2S/c1-7(2)17-9(16)4-3-5-14-11-8(6-13)10(12)15-18-11/h7,14H,3-5H2,1-2H3. The highest BCUT2D eigenvalue weighted by molar-refractivity contribution is 7.10. The van der Waals surface area contributed by atoms with Crippen LogP contribution in [-0.2, 0) is 9.53 Å². The molecule has 0 radical (unpaired) electrons. The molecule has 0 aliphatic heterocycles. The Hall–Kier alpha value is -1.32. The number of halogens is 1. The SMILES string of the molecule is CC(C)OC(=O)CCCNc1snc(Cl)c1C#N.